The molecule has 0 saturated heterocycles. The monoisotopic (exact) mass is 384 g/mol. The summed E-state index contributed by atoms with van der Waals surface area (Å²) in [5.74, 6) is -1.17. The van der Waals surface area contributed by atoms with Crippen molar-refractivity contribution >= 4 is 23.2 Å². The van der Waals surface area contributed by atoms with Crippen molar-refractivity contribution in [3.63, 3.8) is 0 Å². The molecule has 140 valence electrons. The Morgan fingerprint density at radius 3 is 2.56 bits per heavy atom. The molecule has 1 aromatic carbocycles. The molecule has 0 aliphatic heterocycles. The highest BCUT2D eigenvalue weighted by molar-refractivity contribution is 7.09. The molecule has 0 unspecified atom stereocenters. The van der Waals surface area contributed by atoms with E-state index in [4.69, 9.17) is 9.52 Å². The second-order valence-electron chi connectivity index (χ2n) is 6.06. The van der Waals surface area contributed by atoms with E-state index in [-0.39, 0.29) is 11.3 Å². The molecule has 0 atom stereocenters. The smallest absolute Gasteiger partial charge is 0.339 e. The van der Waals surface area contributed by atoms with Crippen molar-refractivity contribution < 1.29 is 19.1 Å². The molecule has 0 spiro atoms. The fourth-order valence-electron chi connectivity index (χ4n) is 2.73. The van der Waals surface area contributed by atoms with Gasteiger partial charge in [0.1, 0.15) is 11.3 Å². The Labute approximate surface area is 160 Å². The van der Waals surface area contributed by atoms with Crippen molar-refractivity contribution in [3.8, 4) is 11.3 Å². The number of aryl methyl sites for hydroxylation is 2. The first-order valence-corrected chi connectivity index (χ1v) is 9.51. The number of nitrogens with zero attached hydrogens (tertiary/aromatic N) is 1. The molecule has 7 heteroatoms. The molecule has 1 amide bonds. The van der Waals surface area contributed by atoms with Gasteiger partial charge in [-0.25, -0.2) is 9.78 Å². The van der Waals surface area contributed by atoms with Crippen LogP contribution in [0.1, 0.15) is 44.2 Å². The lowest BCUT2D eigenvalue weighted by atomic mass is 10.1. The SMILES string of the molecule is CCc1oc(C(=O)NCCc2ccc(-c3csc(C)n3)cc2)cc1C(=O)O. The van der Waals surface area contributed by atoms with Crippen molar-refractivity contribution in [2.75, 3.05) is 6.54 Å². The Bertz CT molecular complexity index is 957. The van der Waals surface area contributed by atoms with Crippen LogP contribution >= 0.6 is 11.3 Å². The number of nitrogens with one attached hydrogen (secondary N) is 1. The molecule has 0 aliphatic rings. The topological polar surface area (TPSA) is 92.4 Å². The van der Waals surface area contributed by atoms with Crippen LogP contribution in [0.4, 0.5) is 0 Å². The lowest BCUT2D eigenvalue weighted by Crippen LogP contribution is -2.25. The molecule has 2 aromatic heterocycles. The van der Waals surface area contributed by atoms with Gasteiger partial charge < -0.3 is 14.8 Å². The Morgan fingerprint density at radius 2 is 2.00 bits per heavy atom. The Morgan fingerprint density at radius 1 is 1.26 bits per heavy atom. The van der Waals surface area contributed by atoms with Crippen molar-refractivity contribution in [3.05, 3.63) is 63.4 Å². The molecular weight excluding hydrogens is 364 g/mol. The number of carboxylic acids is 1. The summed E-state index contributed by atoms with van der Waals surface area (Å²) in [7, 11) is 0. The number of carboxylic acid groups (broad SMARTS) is 1. The number of carbonyl (C=O) groups excluding carboxylic acids is 1. The van der Waals surface area contributed by atoms with Gasteiger partial charge >= 0.3 is 5.97 Å². The van der Waals surface area contributed by atoms with Gasteiger partial charge in [0.05, 0.1) is 10.7 Å². The molecule has 3 aromatic rings. The number of hydrogen-bond donors (Lipinski definition) is 2. The highest BCUT2D eigenvalue weighted by Crippen LogP contribution is 2.22. The van der Waals surface area contributed by atoms with Crippen LogP contribution in [0.5, 0.6) is 0 Å². The molecule has 0 fully saturated rings. The highest BCUT2D eigenvalue weighted by atomic mass is 32.1. The molecule has 0 saturated carbocycles. The quantitative estimate of drug-likeness (QED) is 0.643. The van der Waals surface area contributed by atoms with Gasteiger partial charge in [-0.15, -0.1) is 11.3 Å². The maximum atomic E-state index is 12.2. The largest absolute Gasteiger partial charge is 0.478 e. The van der Waals surface area contributed by atoms with Crippen LogP contribution in [-0.4, -0.2) is 28.5 Å². The molecule has 3 rings (SSSR count). The fourth-order valence-corrected chi connectivity index (χ4v) is 3.35. The number of carbonyl (C=O) groups is 2. The molecule has 2 N–H and O–H groups in total. The third-order valence-corrected chi connectivity index (χ3v) is 4.93. The van der Waals surface area contributed by atoms with E-state index in [0.29, 0.717) is 25.1 Å². The number of thiazole rings is 1. The van der Waals surface area contributed by atoms with Crippen LogP contribution in [0.2, 0.25) is 0 Å². The number of amides is 1. The van der Waals surface area contributed by atoms with Crippen LogP contribution in [0, 0.1) is 6.92 Å². The summed E-state index contributed by atoms with van der Waals surface area (Å²) >= 11 is 1.62. The van der Waals surface area contributed by atoms with Gasteiger partial charge in [-0.2, -0.15) is 0 Å². The standard InChI is InChI=1S/C20H20N2O4S/c1-3-17-15(20(24)25)10-18(26-17)19(23)21-9-8-13-4-6-14(7-5-13)16-11-27-12(2)22-16/h4-7,10-11H,3,8-9H2,1-2H3,(H,21,23)(H,24,25). The van der Waals surface area contributed by atoms with E-state index < -0.39 is 11.9 Å². The summed E-state index contributed by atoms with van der Waals surface area (Å²) in [6.45, 7) is 4.19. The highest BCUT2D eigenvalue weighted by Gasteiger charge is 2.19. The Kier molecular flexibility index (Phi) is 5.71. The number of rotatable bonds is 7. The fraction of sp³-hybridized carbons (Fsp3) is 0.250. The van der Waals surface area contributed by atoms with E-state index in [1.54, 1.807) is 18.3 Å². The molecule has 0 radical (unpaired) electrons. The third kappa shape index (κ3) is 4.43. The summed E-state index contributed by atoms with van der Waals surface area (Å²) in [6, 6.07) is 9.35. The molecular formula is C20H20N2O4S. The van der Waals surface area contributed by atoms with Crippen molar-refractivity contribution in [2.45, 2.75) is 26.7 Å². The van der Waals surface area contributed by atoms with Gasteiger partial charge in [0.25, 0.3) is 5.91 Å². The van der Waals surface area contributed by atoms with Crippen molar-refractivity contribution in [2.24, 2.45) is 0 Å². The van der Waals surface area contributed by atoms with E-state index >= 15 is 0 Å². The molecule has 0 bridgehead atoms. The van der Waals surface area contributed by atoms with Crippen LogP contribution in [0.15, 0.2) is 40.1 Å². The van der Waals surface area contributed by atoms with Gasteiger partial charge in [-0.1, -0.05) is 31.2 Å². The second-order valence-corrected chi connectivity index (χ2v) is 7.12. The average molecular weight is 384 g/mol. The zero-order valence-corrected chi connectivity index (χ0v) is 15.9. The lowest BCUT2D eigenvalue weighted by molar-refractivity contribution is 0.0694. The number of furan rings is 1. The zero-order chi connectivity index (χ0) is 19.4. The number of aromatic nitrogens is 1. The summed E-state index contributed by atoms with van der Waals surface area (Å²) < 4.78 is 5.36. The van der Waals surface area contributed by atoms with Gasteiger partial charge in [-0.05, 0) is 18.9 Å². The maximum absolute atomic E-state index is 12.2. The minimum Gasteiger partial charge on any atom is -0.478 e. The number of benzene rings is 1. The van der Waals surface area contributed by atoms with Crippen LogP contribution in [0.25, 0.3) is 11.3 Å². The normalized spacial score (nSPS) is 10.7. The van der Waals surface area contributed by atoms with E-state index in [9.17, 15) is 9.59 Å². The minimum absolute atomic E-state index is 0.0264. The molecule has 2 heterocycles. The van der Waals surface area contributed by atoms with E-state index in [2.05, 4.69) is 10.3 Å². The molecule has 6 nitrogen and oxygen atoms in total. The van der Waals surface area contributed by atoms with Gasteiger partial charge in [-0.3, -0.25) is 4.79 Å². The van der Waals surface area contributed by atoms with Crippen LogP contribution < -0.4 is 5.32 Å². The second kappa shape index (κ2) is 8.18. The zero-order valence-electron chi connectivity index (χ0n) is 15.1. The van der Waals surface area contributed by atoms with Crippen molar-refractivity contribution in [1.29, 1.82) is 0 Å². The van der Waals surface area contributed by atoms with Gasteiger partial charge in [0.2, 0.25) is 0 Å². The first-order chi connectivity index (χ1) is 13.0. The number of hydrogen-bond acceptors (Lipinski definition) is 5. The van der Waals surface area contributed by atoms with E-state index in [1.807, 2.05) is 36.6 Å². The van der Waals surface area contributed by atoms with Gasteiger partial charge in [0, 0.05) is 30.0 Å². The van der Waals surface area contributed by atoms with Crippen LogP contribution in [-0.2, 0) is 12.8 Å². The summed E-state index contributed by atoms with van der Waals surface area (Å²) in [5.41, 5.74) is 3.16. The Hall–Kier alpha value is -2.93. The van der Waals surface area contributed by atoms with Crippen molar-refractivity contribution in [1.82, 2.24) is 10.3 Å². The maximum Gasteiger partial charge on any atom is 0.339 e. The number of aromatic carboxylic acids is 1. The third-order valence-electron chi connectivity index (χ3n) is 4.15. The summed E-state index contributed by atoms with van der Waals surface area (Å²) in [6.07, 6.45) is 1.08. The van der Waals surface area contributed by atoms with E-state index in [1.165, 1.54) is 6.07 Å². The summed E-state index contributed by atoms with van der Waals surface area (Å²) in [5, 5.41) is 15.0. The van der Waals surface area contributed by atoms with Crippen LogP contribution in [0.3, 0.4) is 0 Å². The first-order valence-electron chi connectivity index (χ1n) is 8.63. The molecule has 27 heavy (non-hydrogen) atoms. The van der Waals surface area contributed by atoms with Gasteiger partial charge in [0.15, 0.2) is 5.76 Å². The lowest BCUT2D eigenvalue weighted by Gasteiger charge is -2.05. The first kappa shape index (κ1) is 18.8. The summed E-state index contributed by atoms with van der Waals surface area (Å²) in [4.78, 5) is 27.8. The predicted molar refractivity (Wildman–Crippen MR) is 103 cm³/mol. The minimum atomic E-state index is -1.09. The average Bonchev–Trinajstić information content (AvgIpc) is 3.28. The van der Waals surface area contributed by atoms with E-state index in [0.717, 1.165) is 21.8 Å². The predicted octanol–water partition coefficient (Wildman–Crippen LogP) is 3.94. The Balaban J connectivity index is 1.56. The molecule has 0 aliphatic carbocycles.